The number of hydrogen-bond donors (Lipinski definition) is 1. The average molecular weight is 371 g/mol. The molecule has 0 unspecified atom stereocenters. The van der Waals surface area contributed by atoms with Gasteiger partial charge in [-0.25, -0.2) is 0 Å². The lowest BCUT2D eigenvalue weighted by atomic mass is 9.73. The van der Waals surface area contributed by atoms with Crippen molar-refractivity contribution in [1.29, 1.82) is 0 Å². The van der Waals surface area contributed by atoms with Gasteiger partial charge in [-0.15, -0.1) is 0 Å². The number of benzene rings is 2. The Labute approximate surface area is 148 Å². The van der Waals surface area contributed by atoms with Crippen LogP contribution < -0.4 is 22.7 Å². The van der Waals surface area contributed by atoms with Crippen LogP contribution in [0.5, 0.6) is 0 Å². The zero-order valence-corrected chi connectivity index (χ0v) is 14.9. The third kappa shape index (κ3) is 2.72. The predicted octanol–water partition coefficient (Wildman–Crippen LogP) is 0.586. The Hall–Kier alpha value is -1.61. The summed E-state index contributed by atoms with van der Waals surface area (Å²) in [4.78, 5) is 0. The molecule has 2 N–H and O–H groups in total. The second-order valence-corrected chi connectivity index (χ2v) is 6.67. The monoisotopic (exact) mass is 370 g/mol. The minimum Gasteiger partial charge on any atom is -1.00 e. The minimum atomic E-state index is 0. The van der Waals surface area contributed by atoms with Crippen molar-refractivity contribution in [2.24, 2.45) is 5.73 Å². The number of nitrogens with zero attached hydrogens (tertiary/aromatic N) is 1. The smallest absolute Gasteiger partial charge is 0.253 e. The van der Waals surface area contributed by atoms with E-state index in [0.29, 0.717) is 0 Å². The molecule has 1 heterocycles. The number of halogens is 1. The van der Waals surface area contributed by atoms with Gasteiger partial charge in [0.05, 0.1) is 5.41 Å². The van der Waals surface area contributed by atoms with E-state index in [0.717, 1.165) is 18.9 Å². The van der Waals surface area contributed by atoms with Gasteiger partial charge in [-0.1, -0.05) is 67.4 Å². The molecule has 1 saturated carbocycles. The van der Waals surface area contributed by atoms with Crippen LogP contribution in [0.2, 0.25) is 0 Å². The van der Waals surface area contributed by atoms with Crippen LogP contribution in [-0.4, -0.2) is 10.4 Å². The highest BCUT2D eigenvalue weighted by atomic mass is 79.9. The molecular weight excluding hydrogens is 348 g/mol. The van der Waals surface area contributed by atoms with Gasteiger partial charge in [0.2, 0.25) is 0 Å². The summed E-state index contributed by atoms with van der Waals surface area (Å²) in [7, 11) is 0. The van der Waals surface area contributed by atoms with E-state index in [2.05, 4.69) is 59.2 Å². The third-order valence-corrected chi connectivity index (χ3v) is 5.40. The molecule has 2 aromatic carbocycles. The summed E-state index contributed by atoms with van der Waals surface area (Å²) in [6.07, 6.45) is 4.96. The molecule has 0 radical (unpaired) electrons. The summed E-state index contributed by atoms with van der Waals surface area (Å²) in [5.41, 5.74) is 11.1. The fourth-order valence-electron chi connectivity index (χ4n) is 4.31. The standard InChI is InChI=1S/C20H22N2.BrH/c21-19-20(12-6-7-13-20)18-11-5-4-10-17(18)15-22(19)14-16-8-2-1-3-9-16;/h1-5,8-11,21H,6-7,12-15H2;1H. The first-order chi connectivity index (χ1) is 10.8. The van der Waals surface area contributed by atoms with Gasteiger partial charge in [0.1, 0.15) is 13.1 Å². The molecule has 0 bridgehead atoms. The van der Waals surface area contributed by atoms with Crippen LogP contribution in [0.15, 0.2) is 54.6 Å². The molecule has 3 heteroatoms. The molecule has 0 atom stereocenters. The molecule has 0 aromatic heterocycles. The van der Waals surface area contributed by atoms with Crippen molar-refractivity contribution in [2.75, 3.05) is 0 Å². The maximum atomic E-state index is 6.72. The van der Waals surface area contributed by atoms with Crippen LogP contribution in [0, 0.1) is 0 Å². The summed E-state index contributed by atoms with van der Waals surface area (Å²) < 4.78 is 2.39. The third-order valence-electron chi connectivity index (χ3n) is 5.40. The number of nitrogens with two attached hydrogens (primary N) is 1. The van der Waals surface area contributed by atoms with Gasteiger partial charge in [-0.3, -0.25) is 10.3 Å². The Kier molecular flexibility index (Phi) is 4.58. The molecule has 120 valence electrons. The molecular formula is C20H23BrN2. The van der Waals surface area contributed by atoms with Crippen LogP contribution >= 0.6 is 0 Å². The fraction of sp³-hybridized carbons (Fsp3) is 0.350. The van der Waals surface area contributed by atoms with E-state index in [-0.39, 0.29) is 22.4 Å². The van der Waals surface area contributed by atoms with E-state index in [1.807, 2.05) is 0 Å². The second kappa shape index (κ2) is 6.48. The van der Waals surface area contributed by atoms with Crippen molar-refractivity contribution in [3.8, 4) is 0 Å². The molecule has 1 fully saturated rings. The first kappa shape index (κ1) is 16.3. The highest BCUT2D eigenvalue weighted by Gasteiger charge is 2.47. The molecule has 2 aromatic rings. The highest BCUT2D eigenvalue weighted by Crippen LogP contribution is 2.44. The van der Waals surface area contributed by atoms with Gasteiger partial charge >= 0.3 is 0 Å². The van der Waals surface area contributed by atoms with E-state index in [9.17, 15) is 0 Å². The Morgan fingerprint density at radius 1 is 0.913 bits per heavy atom. The van der Waals surface area contributed by atoms with Crippen molar-refractivity contribution in [1.82, 2.24) is 0 Å². The van der Waals surface area contributed by atoms with E-state index in [1.165, 1.54) is 42.4 Å². The van der Waals surface area contributed by atoms with Crippen molar-refractivity contribution < 1.29 is 21.6 Å². The van der Waals surface area contributed by atoms with Gasteiger partial charge in [-0.2, -0.15) is 0 Å². The highest BCUT2D eigenvalue weighted by molar-refractivity contribution is 5.89. The fourth-order valence-corrected chi connectivity index (χ4v) is 4.31. The molecule has 2 nitrogen and oxygen atoms in total. The Morgan fingerprint density at radius 2 is 1.57 bits per heavy atom. The van der Waals surface area contributed by atoms with E-state index in [4.69, 9.17) is 5.73 Å². The normalized spacial score (nSPS) is 18.6. The van der Waals surface area contributed by atoms with Gasteiger partial charge in [0.25, 0.3) is 5.84 Å². The van der Waals surface area contributed by atoms with Crippen LogP contribution in [0.25, 0.3) is 0 Å². The zero-order chi connectivity index (χ0) is 15.0. The maximum Gasteiger partial charge on any atom is 0.253 e. The first-order valence-electron chi connectivity index (χ1n) is 8.30. The van der Waals surface area contributed by atoms with Gasteiger partial charge in [0, 0.05) is 0 Å². The maximum absolute atomic E-state index is 6.72. The molecule has 2 aliphatic rings. The first-order valence-corrected chi connectivity index (χ1v) is 8.30. The van der Waals surface area contributed by atoms with E-state index < -0.39 is 0 Å². The lowest BCUT2D eigenvalue weighted by Gasteiger charge is -2.34. The number of hydrogen-bond acceptors (Lipinski definition) is 1. The number of amidine groups is 1. The summed E-state index contributed by atoms with van der Waals surface area (Å²) in [5, 5.41) is 0. The van der Waals surface area contributed by atoms with E-state index in [1.54, 1.807) is 0 Å². The molecule has 23 heavy (non-hydrogen) atoms. The molecule has 1 aliphatic heterocycles. The molecule has 4 rings (SSSR count). The molecule has 1 spiro atoms. The Morgan fingerprint density at radius 3 is 2.30 bits per heavy atom. The Balaban J connectivity index is 0.00000156. The summed E-state index contributed by atoms with van der Waals surface area (Å²) in [6, 6.07) is 19.6. The molecule has 1 aliphatic carbocycles. The van der Waals surface area contributed by atoms with Crippen molar-refractivity contribution >= 4 is 5.84 Å². The topological polar surface area (TPSA) is 29.0 Å². The average Bonchev–Trinajstić information content (AvgIpc) is 3.04. The predicted molar refractivity (Wildman–Crippen MR) is 89.9 cm³/mol. The van der Waals surface area contributed by atoms with E-state index >= 15 is 0 Å². The largest absolute Gasteiger partial charge is 1.00 e. The van der Waals surface area contributed by atoms with Crippen LogP contribution in [-0.2, 0) is 18.5 Å². The number of fused-ring (bicyclic) bond motifs is 2. The molecule has 0 saturated heterocycles. The summed E-state index contributed by atoms with van der Waals surface area (Å²) in [5.74, 6) is 1.09. The van der Waals surface area contributed by atoms with Crippen LogP contribution in [0.3, 0.4) is 0 Å². The van der Waals surface area contributed by atoms with Gasteiger partial charge < -0.3 is 17.0 Å². The second-order valence-electron chi connectivity index (χ2n) is 6.67. The minimum absolute atomic E-state index is 0. The molecule has 0 amide bonds. The van der Waals surface area contributed by atoms with Crippen molar-refractivity contribution in [3.05, 3.63) is 71.3 Å². The number of rotatable bonds is 2. The lowest BCUT2D eigenvalue weighted by Crippen LogP contribution is -3.00. The van der Waals surface area contributed by atoms with Crippen molar-refractivity contribution in [3.63, 3.8) is 0 Å². The quantitative estimate of drug-likeness (QED) is 0.770. The zero-order valence-electron chi connectivity index (χ0n) is 13.3. The van der Waals surface area contributed by atoms with Gasteiger partial charge in [0.15, 0.2) is 0 Å². The Bertz CT molecular complexity index is 715. The van der Waals surface area contributed by atoms with Crippen LogP contribution in [0.4, 0.5) is 0 Å². The SMILES string of the molecule is NC1=[N+](Cc2ccccc2)Cc2ccccc2C12CCCC2.[Br-]. The lowest BCUT2D eigenvalue weighted by molar-refractivity contribution is -0.565. The van der Waals surface area contributed by atoms with Crippen molar-refractivity contribution in [2.45, 2.75) is 44.2 Å². The summed E-state index contributed by atoms with van der Waals surface area (Å²) >= 11 is 0. The summed E-state index contributed by atoms with van der Waals surface area (Å²) in [6.45, 7) is 1.83. The van der Waals surface area contributed by atoms with Crippen LogP contribution in [0.1, 0.15) is 42.4 Å². The van der Waals surface area contributed by atoms with Gasteiger partial charge in [-0.05, 0) is 29.5 Å².